The zero-order valence-corrected chi connectivity index (χ0v) is 16.3. The van der Waals surface area contributed by atoms with Crippen molar-refractivity contribution in [2.45, 2.75) is 37.1 Å². The number of halogens is 1. The van der Waals surface area contributed by atoms with E-state index in [1.807, 2.05) is 0 Å². The van der Waals surface area contributed by atoms with Gasteiger partial charge in [-0.3, -0.25) is 4.79 Å². The summed E-state index contributed by atoms with van der Waals surface area (Å²) in [6.45, 7) is 0.628. The standard InChI is InChI=1S/C17H18ClN3O3S2/c18-12-5-2-6-13(9-12)26(23,24)21-8-7-14-15(10-21)25-17(19-14)20-16(22)11-3-1-4-11/h2,5-6,9,11H,1,3-4,7-8,10H2,(H,19,20,22). The van der Waals surface area contributed by atoms with Gasteiger partial charge in [0.1, 0.15) is 0 Å². The minimum atomic E-state index is -3.61. The molecule has 138 valence electrons. The summed E-state index contributed by atoms with van der Waals surface area (Å²) in [5.74, 6) is 0.112. The summed E-state index contributed by atoms with van der Waals surface area (Å²) in [4.78, 5) is 17.6. The predicted molar refractivity (Wildman–Crippen MR) is 101 cm³/mol. The van der Waals surface area contributed by atoms with E-state index in [9.17, 15) is 13.2 Å². The number of thiazole rings is 1. The average Bonchev–Trinajstić information content (AvgIpc) is 2.94. The number of aromatic nitrogens is 1. The Morgan fingerprint density at radius 1 is 1.35 bits per heavy atom. The van der Waals surface area contributed by atoms with Gasteiger partial charge in [-0.15, -0.1) is 11.3 Å². The number of rotatable bonds is 4. The van der Waals surface area contributed by atoms with Crippen LogP contribution in [0.3, 0.4) is 0 Å². The number of fused-ring (bicyclic) bond motifs is 1. The van der Waals surface area contributed by atoms with Gasteiger partial charge in [-0.25, -0.2) is 13.4 Å². The molecule has 2 aliphatic rings. The molecule has 1 fully saturated rings. The Morgan fingerprint density at radius 3 is 2.85 bits per heavy atom. The Morgan fingerprint density at radius 2 is 2.15 bits per heavy atom. The molecule has 1 saturated carbocycles. The number of nitrogens with zero attached hydrogens (tertiary/aromatic N) is 2. The molecule has 1 amide bonds. The van der Waals surface area contributed by atoms with Gasteiger partial charge in [0.15, 0.2) is 5.13 Å². The van der Waals surface area contributed by atoms with Crippen LogP contribution in [0.4, 0.5) is 5.13 Å². The summed E-state index contributed by atoms with van der Waals surface area (Å²) in [5, 5.41) is 3.83. The van der Waals surface area contributed by atoms with Gasteiger partial charge in [0.05, 0.1) is 17.1 Å². The van der Waals surface area contributed by atoms with Crippen LogP contribution in [0.5, 0.6) is 0 Å². The summed E-state index contributed by atoms with van der Waals surface area (Å²) < 4.78 is 27.1. The Bertz CT molecular complexity index is 954. The van der Waals surface area contributed by atoms with E-state index in [1.54, 1.807) is 18.2 Å². The maximum Gasteiger partial charge on any atom is 0.243 e. The molecular weight excluding hydrogens is 394 g/mol. The summed E-state index contributed by atoms with van der Waals surface area (Å²) in [7, 11) is -3.61. The third kappa shape index (κ3) is 3.38. The second kappa shape index (κ2) is 6.92. The molecule has 0 bridgehead atoms. The lowest BCUT2D eigenvalue weighted by Gasteiger charge is -2.25. The van der Waals surface area contributed by atoms with Crippen molar-refractivity contribution in [2.75, 3.05) is 11.9 Å². The number of carbonyl (C=O) groups excluding carboxylic acids is 1. The smallest absolute Gasteiger partial charge is 0.243 e. The van der Waals surface area contributed by atoms with E-state index < -0.39 is 10.0 Å². The molecule has 1 aromatic heterocycles. The van der Waals surface area contributed by atoms with Crippen LogP contribution in [-0.2, 0) is 27.8 Å². The lowest BCUT2D eigenvalue weighted by molar-refractivity contribution is -0.122. The first-order chi connectivity index (χ1) is 12.4. The van der Waals surface area contributed by atoms with E-state index in [4.69, 9.17) is 11.6 Å². The van der Waals surface area contributed by atoms with Gasteiger partial charge in [-0.05, 0) is 31.0 Å². The highest BCUT2D eigenvalue weighted by atomic mass is 35.5. The number of anilines is 1. The Kier molecular flexibility index (Phi) is 4.77. The highest BCUT2D eigenvalue weighted by Crippen LogP contribution is 2.33. The van der Waals surface area contributed by atoms with Crippen molar-refractivity contribution in [2.24, 2.45) is 5.92 Å². The van der Waals surface area contributed by atoms with Crippen molar-refractivity contribution < 1.29 is 13.2 Å². The van der Waals surface area contributed by atoms with E-state index in [-0.39, 0.29) is 23.3 Å². The van der Waals surface area contributed by atoms with Crippen LogP contribution in [0.2, 0.25) is 5.02 Å². The second-order valence-corrected chi connectivity index (χ2v) is 10.0. The minimum absolute atomic E-state index is 0.0192. The summed E-state index contributed by atoms with van der Waals surface area (Å²) in [6.07, 6.45) is 3.50. The van der Waals surface area contributed by atoms with E-state index in [2.05, 4.69) is 10.3 Å². The SMILES string of the molecule is O=C(Nc1nc2c(s1)CN(S(=O)(=O)c1cccc(Cl)c1)CC2)C1CCC1. The third-order valence-electron chi connectivity index (χ3n) is 4.84. The fraction of sp³-hybridized carbons (Fsp3) is 0.412. The van der Waals surface area contributed by atoms with Gasteiger partial charge in [-0.2, -0.15) is 4.31 Å². The van der Waals surface area contributed by atoms with Gasteiger partial charge in [-0.1, -0.05) is 24.1 Å². The molecule has 0 saturated heterocycles. The summed E-state index contributed by atoms with van der Waals surface area (Å²) >= 11 is 7.29. The molecule has 1 N–H and O–H groups in total. The Hall–Kier alpha value is -1.48. The second-order valence-electron chi connectivity index (χ2n) is 6.55. The molecule has 4 rings (SSSR count). The number of carbonyl (C=O) groups is 1. The molecule has 1 aliphatic heterocycles. The zero-order valence-electron chi connectivity index (χ0n) is 13.9. The number of sulfonamides is 1. The van der Waals surface area contributed by atoms with Crippen LogP contribution in [0.1, 0.15) is 29.8 Å². The number of hydrogen-bond acceptors (Lipinski definition) is 5. The van der Waals surface area contributed by atoms with Gasteiger partial charge >= 0.3 is 0 Å². The van der Waals surface area contributed by atoms with Gasteiger partial charge in [0.2, 0.25) is 15.9 Å². The predicted octanol–water partition coefficient (Wildman–Crippen LogP) is 3.28. The first-order valence-corrected chi connectivity index (χ1v) is 11.1. The molecule has 0 atom stereocenters. The molecule has 1 aromatic carbocycles. The largest absolute Gasteiger partial charge is 0.302 e. The van der Waals surface area contributed by atoms with Crippen molar-refractivity contribution in [1.29, 1.82) is 0 Å². The third-order valence-corrected chi connectivity index (χ3v) is 7.91. The van der Waals surface area contributed by atoms with Crippen LogP contribution >= 0.6 is 22.9 Å². The fourth-order valence-corrected chi connectivity index (χ4v) is 5.90. The highest BCUT2D eigenvalue weighted by molar-refractivity contribution is 7.89. The lowest BCUT2D eigenvalue weighted by Crippen LogP contribution is -2.35. The quantitative estimate of drug-likeness (QED) is 0.837. The topological polar surface area (TPSA) is 79.4 Å². The van der Waals surface area contributed by atoms with Crippen molar-refractivity contribution in [3.8, 4) is 0 Å². The van der Waals surface area contributed by atoms with Crippen molar-refractivity contribution >= 4 is 44.0 Å². The number of benzene rings is 1. The average molecular weight is 412 g/mol. The van der Waals surface area contributed by atoms with E-state index in [0.29, 0.717) is 23.1 Å². The first-order valence-electron chi connectivity index (χ1n) is 8.48. The monoisotopic (exact) mass is 411 g/mol. The number of nitrogens with one attached hydrogen (secondary N) is 1. The van der Waals surface area contributed by atoms with E-state index >= 15 is 0 Å². The molecule has 2 heterocycles. The fourth-order valence-electron chi connectivity index (χ4n) is 3.09. The van der Waals surface area contributed by atoms with Crippen LogP contribution in [0.25, 0.3) is 0 Å². The zero-order chi connectivity index (χ0) is 18.3. The molecule has 6 nitrogen and oxygen atoms in total. The van der Waals surface area contributed by atoms with Crippen molar-refractivity contribution in [3.63, 3.8) is 0 Å². The molecule has 0 unspecified atom stereocenters. The van der Waals surface area contributed by atoms with Crippen LogP contribution in [0, 0.1) is 5.92 Å². The van der Waals surface area contributed by atoms with Gasteiger partial charge in [0, 0.05) is 28.8 Å². The molecule has 2 aromatic rings. The minimum Gasteiger partial charge on any atom is -0.302 e. The Balaban J connectivity index is 1.51. The molecular formula is C17H18ClN3O3S2. The molecule has 1 aliphatic carbocycles. The highest BCUT2D eigenvalue weighted by Gasteiger charge is 2.31. The normalized spacial score (nSPS) is 18.2. The van der Waals surface area contributed by atoms with E-state index in [1.165, 1.54) is 21.7 Å². The molecule has 0 radical (unpaired) electrons. The maximum absolute atomic E-state index is 12.9. The molecule has 26 heavy (non-hydrogen) atoms. The first kappa shape index (κ1) is 17.9. The Labute approximate surface area is 161 Å². The summed E-state index contributed by atoms with van der Waals surface area (Å²) in [5.41, 5.74) is 0.872. The van der Waals surface area contributed by atoms with Crippen molar-refractivity contribution in [3.05, 3.63) is 39.9 Å². The maximum atomic E-state index is 12.9. The van der Waals surface area contributed by atoms with Crippen LogP contribution in [0.15, 0.2) is 29.2 Å². The number of amides is 1. The summed E-state index contributed by atoms with van der Waals surface area (Å²) in [6, 6.07) is 6.29. The van der Waals surface area contributed by atoms with Crippen LogP contribution in [-0.4, -0.2) is 30.2 Å². The molecule has 0 spiro atoms. The molecule has 9 heteroatoms. The van der Waals surface area contributed by atoms with Gasteiger partial charge < -0.3 is 5.32 Å². The van der Waals surface area contributed by atoms with Crippen molar-refractivity contribution in [1.82, 2.24) is 9.29 Å². The lowest BCUT2D eigenvalue weighted by atomic mass is 9.85. The van der Waals surface area contributed by atoms with Crippen LogP contribution < -0.4 is 5.32 Å². The van der Waals surface area contributed by atoms with E-state index in [0.717, 1.165) is 29.8 Å². The number of hydrogen-bond donors (Lipinski definition) is 1. The van der Waals surface area contributed by atoms with Gasteiger partial charge in [0.25, 0.3) is 0 Å².